The fourth-order valence-corrected chi connectivity index (χ4v) is 2.84. The average molecular weight is 279 g/mol. The number of aromatic nitrogens is 2. The number of ether oxygens (including phenoxy) is 1. The third-order valence-electron chi connectivity index (χ3n) is 2.86. The quantitative estimate of drug-likeness (QED) is 0.765. The van der Waals surface area contributed by atoms with Crippen LogP contribution in [0.3, 0.4) is 0 Å². The van der Waals surface area contributed by atoms with Crippen molar-refractivity contribution < 1.29 is 4.74 Å². The van der Waals surface area contributed by atoms with Gasteiger partial charge in [0.15, 0.2) is 0 Å². The molecule has 2 N–H and O–H groups in total. The van der Waals surface area contributed by atoms with Crippen LogP contribution in [-0.4, -0.2) is 16.7 Å². The van der Waals surface area contributed by atoms with Crippen LogP contribution in [0.1, 0.15) is 34.4 Å². The molecule has 0 amide bonds. The number of rotatable bonds is 7. The molecule has 0 aliphatic heterocycles. The van der Waals surface area contributed by atoms with Crippen molar-refractivity contribution in [3.05, 3.63) is 33.1 Å². The largest absolute Gasteiger partial charge is 0.472 e. The first-order valence-corrected chi connectivity index (χ1v) is 7.44. The summed E-state index contributed by atoms with van der Waals surface area (Å²) in [6, 6.07) is 4.13. The van der Waals surface area contributed by atoms with Gasteiger partial charge < -0.3 is 10.1 Å². The van der Waals surface area contributed by atoms with Gasteiger partial charge in [-0.15, -0.1) is 16.4 Å². The van der Waals surface area contributed by atoms with Gasteiger partial charge in [-0.25, -0.2) is 0 Å². The van der Waals surface area contributed by atoms with Crippen molar-refractivity contribution in [3.63, 3.8) is 0 Å². The highest BCUT2D eigenvalue weighted by molar-refractivity contribution is 7.12. The average Bonchev–Trinajstić information content (AvgIpc) is 2.94. The van der Waals surface area contributed by atoms with E-state index in [0.29, 0.717) is 12.5 Å². The Labute approximate surface area is 118 Å². The predicted molar refractivity (Wildman–Crippen MR) is 78.7 cm³/mol. The van der Waals surface area contributed by atoms with Gasteiger partial charge >= 0.3 is 0 Å². The smallest absolute Gasteiger partial charge is 0.233 e. The van der Waals surface area contributed by atoms with Gasteiger partial charge in [0.05, 0.1) is 0 Å². The second kappa shape index (κ2) is 6.73. The molecule has 0 bridgehead atoms. The standard InChI is InChI=1S/C14H21N3OS/c1-4-5-15-8-13-7-12(11(3)19-13)9-18-14-6-10(2)16-17-14/h6-7,15H,4-5,8-9H2,1-3H3,(H,16,17). The topological polar surface area (TPSA) is 49.9 Å². The second-order valence-corrected chi connectivity index (χ2v) is 5.99. The summed E-state index contributed by atoms with van der Waals surface area (Å²) in [5.41, 5.74) is 2.26. The van der Waals surface area contributed by atoms with E-state index in [1.54, 1.807) is 0 Å². The lowest BCUT2D eigenvalue weighted by Gasteiger charge is -2.01. The Morgan fingerprint density at radius 2 is 2.21 bits per heavy atom. The van der Waals surface area contributed by atoms with E-state index in [0.717, 1.165) is 18.8 Å². The van der Waals surface area contributed by atoms with Gasteiger partial charge in [-0.05, 0) is 32.9 Å². The molecule has 2 aromatic heterocycles. The van der Waals surface area contributed by atoms with Crippen molar-refractivity contribution in [3.8, 4) is 5.88 Å². The number of hydrogen-bond acceptors (Lipinski definition) is 4. The molecule has 0 saturated carbocycles. The number of hydrogen-bond donors (Lipinski definition) is 2. The molecule has 0 fully saturated rings. The fourth-order valence-electron chi connectivity index (χ4n) is 1.83. The minimum Gasteiger partial charge on any atom is -0.472 e. The summed E-state index contributed by atoms with van der Waals surface area (Å²) in [6.45, 7) is 8.88. The van der Waals surface area contributed by atoms with E-state index < -0.39 is 0 Å². The first-order chi connectivity index (χ1) is 9.19. The van der Waals surface area contributed by atoms with Gasteiger partial charge in [-0.1, -0.05) is 6.92 Å². The van der Waals surface area contributed by atoms with Gasteiger partial charge in [0.25, 0.3) is 0 Å². The van der Waals surface area contributed by atoms with Crippen LogP contribution < -0.4 is 10.1 Å². The van der Waals surface area contributed by atoms with E-state index in [1.165, 1.54) is 21.7 Å². The molecular weight excluding hydrogens is 258 g/mol. The Bertz CT molecular complexity index is 518. The maximum atomic E-state index is 5.68. The van der Waals surface area contributed by atoms with Crippen molar-refractivity contribution in [2.45, 2.75) is 40.3 Å². The van der Waals surface area contributed by atoms with Crippen LogP contribution in [0.2, 0.25) is 0 Å². The van der Waals surface area contributed by atoms with E-state index in [-0.39, 0.29) is 0 Å². The third-order valence-corrected chi connectivity index (χ3v) is 3.95. The lowest BCUT2D eigenvalue weighted by atomic mass is 10.2. The lowest BCUT2D eigenvalue weighted by molar-refractivity contribution is 0.293. The van der Waals surface area contributed by atoms with E-state index >= 15 is 0 Å². The number of nitrogens with one attached hydrogen (secondary N) is 2. The molecule has 0 aliphatic rings. The van der Waals surface area contributed by atoms with Crippen LogP contribution in [0.5, 0.6) is 5.88 Å². The monoisotopic (exact) mass is 279 g/mol. The van der Waals surface area contributed by atoms with Gasteiger partial charge in [-0.2, -0.15) is 0 Å². The number of aryl methyl sites for hydroxylation is 2. The predicted octanol–water partition coefficient (Wildman–Crippen LogP) is 3.17. The summed E-state index contributed by atoms with van der Waals surface area (Å²) in [4.78, 5) is 2.68. The molecule has 0 saturated heterocycles. The molecule has 2 rings (SSSR count). The summed E-state index contributed by atoms with van der Waals surface area (Å²) in [7, 11) is 0. The summed E-state index contributed by atoms with van der Waals surface area (Å²) in [5, 5.41) is 10.4. The van der Waals surface area contributed by atoms with Crippen LogP contribution in [0.25, 0.3) is 0 Å². The maximum absolute atomic E-state index is 5.68. The number of thiophene rings is 1. The van der Waals surface area contributed by atoms with Crippen LogP contribution in [-0.2, 0) is 13.2 Å². The van der Waals surface area contributed by atoms with Gasteiger partial charge in [0.1, 0.15) is 6.61 Å². The zero-order valence-electron chi connectivity index (χ0n) is 11.7. The summed E-state index contributed by atoms with van der Waals surface area (Å²) >= 11 is 1.83. The number of aromatic amines is 1. The zero-order valence-corrected chi connectivity index (χ0v) is 12.6. The van der Waals surface area contributed by atoms with Gasteiger partial charge in [0, 0.05) is 33.6 Å². The molecule has 5 heteroatoms. The Hall–Kier alpha value is -1.33. The van der Waals surface area contributed by atoms with E-state index in [2.05, 4.69) is 35.4 Å². The molecule has 2 aromatic rings. The van der Waals surface area contributed by atoms with Gasteiger partial charge in [-0.3, -0.25) is 5.10 Å². The molecule has 2 heterocycles. The highest BCUT2D eigenvalue weighted by atomic mass is 32.1. The van der Waals surface area contributed by atoms with Crippen molar-refractivity contribution in [1.82, 2.24) is 15.5 Å². The third kappa shape index (κ3) is 4.08. The molecule has 4 nitrogen and oxygen atoms in total. The van der Waals surface area contributed by atoms with Gasteiger partial charge in [0.2, 0.25) is 5.88 Å². The first kappa shape index (κ1) is 14.1. The lowest BCUT2D eigenvalue weighted by Crippen LogP contribution is -2.12. The van der Waals surface area contributed by atoms with Crippen LogP contribution in [0, 0.1) is 13.8 Å². The zero-order chi connectivity index (χ0) is 13.7. The Balaban J connectivity index is 1.89. The highest BCUT2D eigenvalue weighted by Crippen LogP contribution is 2.23. The summed E-state index contributed by atoms with van der Waals surface area (Å²) < 4.78 is 5.68. The van der Waals surface area contributed by atoms with Crippen LogP contribution in [0.15, 0.2) is 12.1 Å². The highest BCUT2D eigenvalue weighted by Gasteiger charge is 2.07. The minimum atomic E-state index is 0.584. The van der Waals surface area contributed by atoms with Crippen molar-refractivity contribution in [2.75, 3.05) is 6.54 Å². The number of H-pyrrole nitrogens is 1. The van der Waals surface area contributed by atoms with Crippen molar-refractivity contribution >= 4 is 11.3 Å². The van der Waals surface area contributed by atoms with Crippen LogP contribution >= 0.6 is 11.3 Å². The SMILES string of the molecule is CCCNCc1cc(COc2cc(C)[nH]n2)c(C)s1. The first-order valence-electron chi connectivity index (χ1n) is 6.62. The fraction of sp³-hybridized carbons (Fsp3) is 0.500. The molecule has 0 aromatic carbocycles. The summed E-state index contributed by atoms with van der Waals surface area (Å²) in [5.74, 6) is 0.661. The van der Waals surface area contributed by atoms with Crippen molar-refractivity contribution in [2.24, 2.45) is 0 Å². The second-order valence-electron chi connectivity index (χ2n) is 4.65. The molecular formula is C14H21N3OS. The van der Waals surface area contributed by atoms with E-state index in [1.807, 2.05) is 24.3 Å². The summed E-state index contributed by atoms with van der Waals surface area (Å²) in [6.07, 6.45) is 1.17. The van der Waals surface area contributed by atoms with Crippen LogP contribution in [0.4, 0.5) is 0 Å². The van der Waals surface area contributed by atoms with E-state index in [4.69, 9.17) is 4.74 Å². The Morgan fingerprint density at radius 1 is 1.37 bits per heavy atom. The Morgan fingerprint density at radius 3 is 2.89 bits per heavy atom. The molecule has 0 atom stereocenters. The molecule has 0 spiro atoms. The molecule has 0 unspecified atom stereocenters. The maximum Gasteiger partial charge on any atom is 0.233 e. The van der Waals surface area contributed by atoms with Crippen molar-refractivity contribution in [1.29, 1.82) is 0 Å². The minimum absolute atomic E-state index is 0.584. The molecule has 0 aliphatic carbocycles. The molecule has 19 heavy (non-hydrogen) atoms. The normalized spacial score (nSPS) is 10.9. The molecule has 0 radical (unpaired) electrons. The van der Waals surface area contributed by atoms with E-state index in [9.17, 15) is 0 Å². The number of nitrogens with zero attached hydrogens (tertiary/aromatic N) is 1. The Kier molecular flexibility index (Phi) is 4.99. The molecule has 104 valence electrons.